The number of hydrogen-bond donors (Lipinski definition) is 2. The van der Waals surface area contributed by atoms with Crippen LogP contribution in [-0.2, 0) is 9.53 Å². The molecule has 0 atom stereocenters. The molecule has 0 unspecified atom stereocenters. The number of nitrogens with zero attached hydrogens (tertiary/aromatic N) is 1. The number of carbonyl (C=O) groups is 1. The highest BCUT2D eigenvalue weighted by molar-refractivity contribution is 6.34. The zero-order valence-electron chi connectivity index (χ0n) is 6.76. The lowest BCUT2D eigenvalue weighted by Crippen LogP contribution is -2.28. The van der Waals surface area contributed by atoms with Crippen molar-refractivity contribution in [3.8, 4) is 0 Å². The summed E-state index contributed by atoms with van der Waals surface area (Å²) in [5.41, 5.74) is 7.75. The van der Waals surface area contributed by atoms with E-state index in [2.05, 4.69) is 15.3 Å². The first-order chi connectivity index (χ1) is 5.22. The number of rotatable bonds is 3. The fourth-order valence-corrected chi connectivity index (χ4v) is 0.415. The van der Waals surface area contributed by atoms with Crippen LogP contribution in [0.4, 0.5) is 0 Å². The van der Waals surface area contributed by atoms with E-state index in [1.54, 1.807) is 6.92 Å². The number of hydrogen-bond acceptors (Lipinski definition) is 4. The van der Waals surface area contributed by atoms with E-state index >= 15 is 0 Å². The van der Waals surface area contributed by atoms with Crippen LogP contribution in [0.15, 0.2) is 5.10 Å². The van der Waals surface area contributed by atoms with Crippen molar-refractivity contribution < 1.29 is 9.53 Å². The molecule has 3 N–H and O–H groups in total. The fourth-order valence-electron chi connectivity index (χ4n) is 0.415. The Morgan fingerprint density at radius 1 is 1.64 bits per heavy atom. The van der Waals surface area contributed by atoms with Gasteiger partial charge in [0.1, 0.15) is 0 Å². The lowest BCUT2D eigenvalue weighted by atomic mass is 10.6. The van der Waals surface area contributed by atoms with Crippen molar-refractivity contribution in [3.05, 3.63) is 0 Å². The molecule has 0 aromatic heterocycles. The molecule has 0 aromatic carbocycles. The molecule has 0 heterocycles. The third-order valence-corrected chi connectivity index (χ3v) is 0.842. The molecule has 0 fully saturated rings. The van der Waals surface area contributed by atoms with Gasteiger partial charge in [0.25, 0.3) is 0 Å². The van der Waals surface area contributed by atoms with Gasteiger partial charge >= 0.3 is 5.97 Å². The topological polar surface area (TPSA) is 76.7 Å². The molecule has 0 aliphatic heterocycles. The number of nitrogens with two attached hydrogens (primary N) is 1. The largest absolute Gasteiger partial charge is 0.460 e. The smallest absolute Gasteiger partial charge is 0.375 e. The zero-order chi connectivity index (χ0) is 8.69. The van der Waals surface area contributed by atoms with E-state index < -0.39 is 5.97 Å². The highest BCUT2D eigenvalue weighted by Gasteiger charge is 2.05. The lowest BCUT2D eigenvalue weighted by molar-refractivity contribution is -0.135. The Balaban J connectivity index is 3.80. The van der Waals surface area contributed by atoms with Crippen molar-refractivity contribution in [1.82, 2.24) is 5.43 Å². The SMILES string of the molecule is CCN/N=C(\N)C(=O)OCC. The number of ether oxygens (including phenoxy) is 1. The van der Waals surface area contributed by atoms with Crippen LogP contribution in [0.5, 0.6) is 0 Å². The molecule has 0 aliphatic carbocycles. The number of amidine groups is 1. The van der Waals surface area contributed by atoms with Gasteiger partial charge in [0.15, 0.2) is 0 Å². The van der Waals surface area contributed by atoms with Crippen LogP contribution >= 0.6 is 0 Å². The summed E-state index contributed by atoms with van der Waals surface area (Å²) in [6, 6.07) is 0. The molecule has 0 saturated carbocycles. The summed E-state index contributed by atoms with van der Waals surface area (Å²) in [5.74, 6) is -0.734. The molecule has 0 amide bonds. The van der Waals surface area contributed by atoms with Gasteiger partial charge in [-0.15, -0.1) is 0 Å². The first-order valence-electron chi connectivity index (χ1n) is 3.45. The van der Waals surface area contributed by atoms with Crippen LogP contribution in [0.25, 0.3) is 0 Å². The van der Waals surface area contributed by atoms with Gasteiger partial charge in [-0.2, -0.15) is 5.10 Å². The molecule has 0 saturated heterocycles. The zero-order valence-corrected chi connectivity index (χ0v) is 6.76. The van der Waals surface area contributed by atoms with Crippen LogP contribution in [-0.4, -0.2) is 25.0 Å². The van der Waals surface area contributed by atoms with Crippen LogP contribution in [0, 0.1) is 0 Å². The molecule has 11 heavy (non-hydrogen) atoms. The van der Waals surface area contributed by atoms with E-state index in [9.17, 15) is 4.79 Å². The number of esters is 1. The van der Waals surface area contributed by atoms with E-state index in [4.69, 9.17) is 5.73 Å². The summed E-state index contributed by atoms with van der Waals surface area (Å²) in [4.78, 5) is 10.7. The summed E-state index contributed by atoms with van der Waals surface area (Å²) < 4.78 is 4.57. The van der Waals surface area contributed by atoms with Crippen LogP contribution in [0.2, 0.25) is 0 Å². The van der Waals surface area contributed by atoms with E-state index in [-0.39, 0.29) is 5.84 Å². The summed E-state index contributed by atoms with van der Waals surface area (Å²) in [5, 5.41) is 3.53. The standard InChI is InChI=1S/C6H13N3O2/c1-3-8-9-5(7)6(10)11-4-2/h8H,3-4H2,1-2H3,(H2,7,9). The summed E-state index contributed by atoms with van der Waals surface area (Å²) in [6.07, 6.45) is 0. The highest BCUT2D eigenvalue weighted by atomic mass is 16.5. The Morgan fingerprint density at radius 3 is 2.73 bits per heavy atom. The number of hydrazone groups is 1. The third kappa shape index (κ3) is 4.19. The first kappa shape index (κ1) is 9.74. The highest BCUT2D eigenvalue weighted by Crippen LogP contribution is 1.76. The average molecular weight is 159 g/mol. The quantitative estimate of drug-likeness (QED) is 0.250. The van der Waals surface area contributed by atoms with Crippen LogP contribution in [0.1, 0.15) is 13.8 Å². The maximum absolute atomic E-state index is 10.7. The molecular weight excluding hydrogens is 146 g/mol. The fraction of sp³-hybridized carbons (Fsp3) is 0.667. The van der Waals surface area contributed by atoms with Crippen molar-refractivity contribution in [1.29, 1.82) is 0 Å². The van der Waals surface area contributed by atoms with Crippen molar-refractivity contribution in [3.63, 3.8) is 0 Å². The van der Waals surface area contributed by atoms with Gasteiger partial charge in [-0.3, -0.25) is 0 Å². The molecular formula is C6H13N3O2. The molecule has 0 bridgehead atoms. The molecule has 0 aliphatic rings. The van der Waals surface area contributed by atoms with Gasteiger partial charge in [-0.05, 0) is 13.8 Å². The van der Waals surface area contributed by atoms with E-state index in [0.717, 1.165) is 0 Å². The summed E-state index contributed by atoms with van der Waals surface area (Å²) >= 11 is 0. The van der Waals surface area contributed by atoms with Gasteiger partial charge in [0, 0.05) is 6.54 Å². The predicted octanol–water partition coefficient (Wildman–Crippen LogP) is -0.569. The Kier molecular flexibility index (Phi) is 4.89. The van der Waals surface area contributed by atoms with Gasteiger partial charge < -0.3 is 15.9 Å². The lowest BCUT2D eigenvalue weighted by Gasteiger charge is -1.99. The first-order valence-corrected chi connectivity index (χ1v) is 3.45. The van der Waals surface area contributed by atoms with Gasteiger partial charge in [0.05, 0.1) is 6.61 Å². The van der Waals surface area contributed by atoms with Gasteiger partial charge in [-0.1, -0.05) is 0 Å². The molecule has 0 radical (unpaired) electrons. The monoisotopic (exact) mass is 159 g/mol. The number of nitrogens with one attached hydrogen (secondary N) is 1. The van der Waals surface area contributed by atoms with Crippen LogP contribution < -0.4 is 11.2 Å². The maximum atomic E-state index is 10.7. The van der Waals surface area contributed by atoms with E-state index in [1.165, 1.54) is 0 Å². The number of carbonyl (C=O) groups excluding carboxylic acids is 1. The summed E-state index contributed by atoms with van der Waals surface area (Å²) in [6.45, 7) is 4.49. The van der Waals surface area contributed by atoms with Gasteiger partial charge in [-0.25, -0.2) is 4.79 Å². The van der Waals surface area contributed by atoms with Crippen molar-refractivity contribution in [2.24, 2.45) is 10.8 Å². The second-order valence-electron chi connectivity index (χ2n) is 1.73. The predicted molar refractivity (Wildman–Crippen MR) is 41.9 cm³/mol. The Labute approximate surface area is 65.6 Å². The Hall–Kier alpha value is -1.26. The van der Waals surface area contributed by atoms with E-state index in [1.807, 2.05) is 6.92 Å². The molecule has 5 nitrogen and oxygen atoms in total. The minimum absolute atomic E-state index is 0.145. The van der Waals surface area contributed by atoms with Crippen molar-refractivity contribution in [2.75, 3.05) is 13.2 Å². The van der Waals surface area contributed by atoms with Crippen LogP contribution in [0.3, 0.4) is 0 Å². The minimum Gasteiger partial charge on any atom is -0.460 e. The molecule has 0 aromatic rings. The Bertz CT molecular complexity index is 156. The maximum Gasteiger partial charge on any atom is 0.375 e. The third-order valence-electron chi connectivity index (χ3n) is 0.842. The molecule has 0 rings (SSSR count). The second-order valence-corrected chi connectivity index (χ2v) is 1.73. The average Bonchev–Trinajstić information content (AvgIpc) is 2.00. The normalized spacial score (nSPS) is 10.9. The van der Waals surface area contributed by atoms with Gasteiger partial charge in [0.2, 0.25) is 5.84 Å². The molecule has 64 valence electrons. The van der Waals surface area contributed by atoms with Crippen molar-refractivity contribution in [2.45, 2.75) is 13.8 Å². The van der Waals surface area contributed by atoms with Crippen molar-refractivity contribution >= 4 is 11.8 Å². The minimum atomic E-state index is -0.589. The van der Waals surface area contributed by atoms with E-state index in [0.29, 0.717) is 13.2 Å². The molecule has 5 heteroatoms. The molecule has 0 spiro atoms. The Morgan fingerprint density at radius 2 is 2.27 bits per heavy atom. The summed E-state index contributed by atoms with van der Waals surface area (Å²) in [7, 11) is 0. The second kappa shape index (κ2) is 5.52.